The van der Waals surface area contributed by atoms with Crippen LogP contribution in [0.1, 0.15) is 6.42 Å². The van der Waals surface area contributed by atoms with Gasteiger partial charge >= 0.3 is 0 Å². The van der Waals surface area contributed by atoms with Crippen LogP contribution in [0, 0.1) is 0 Å². The fourth-order valence-electron chi connectivity index (χ4n) is 0.523. The quantitative estimate of drug-likeness (QED) is 0.377. The Kier molecular flexibility index (Phi) is 1.51. The highest BCUT2D eigenvalue weighted by molar-refractivity contribution is 14.1. The molecule has 3 heteroatoms. The molecule has 1 heterocycles. The second-order valence-electron chi connectivity index (χ2n) is 1.62. The Labute approximate surface area is 55.8 Å². The van der Waals surface area contributed by atoms with E-state index in [0.717, 1.165) is 10.8 Å². The van der Waals surface area contributed by atoms with Gasteiger partial charge in [0.25, 0.3) is 0 Å². The van der Waals surface area contributed by atoms with Crippen molar-refractivity contribution in [2.24, 2.45) is 0 Å². The minimum Gasteiger partial charge on any atom is -0.352 e. The lowest BCUT2D eigenvalue weighted by Crippen LogP contribution is -2.49. The lowest BCUT2D eigenvalue weighted by atomic mass is 10.1. The van der Waals surface area contributed by atoms with Gasteiger partial charge in [0.05, 0.1) is 0 Å². The van der Waals surface area contributed by atoms with Crippen LogP contribution >= 0.6 is 22.6 Å². The summed E-state index contributed by atoms with van der Waals surface area (Å²) in [4.78, 5) is 10.2. The van der Waals surface area contributed by atoms with Crippen molar-refractivity contribution < 1.29 is 4.79 Å². The van der Waals surface area contributed by atoms with E-state index in [2.05, 4.69) is 27.9 Å². The molecule has 0 aromatic carbocycles. The Bertz CT molecular complexity index is 85.7. The summed E-state index contributed by atoms with van der Waals surface area (Å²) in [5.74, 6) is 0.196. The summed E-state index contributed by atoms with van der Waals surface area (Å²) in [6, 6.07) is 0.480. The van der Waals surface area contributed by atoms with E-state index >= 15 is 0 Å². The fraction of sp³-hybridized carbons (Fsp3) is 0.750. The van der Waals surface area contributed by atoms with E-state index in [4.69, 9.17) is 0 Å². The minimum absolute atomic E-state index is 0.196. The van der Waals surface area contributed by atoms with E-state index < -0.39 is 0 Å². The van der Waals surface area contributed by atoms with Gasteiger partial charge in [0, 0.05) is 16.9 Å². The average molecular weight is 211 g/mol. The number of hydrogen-bond acceptors (Lipinski definition) is 1. The number of carbonyl (C=O) groups excluding carboxylic acids is 1. The van der Waals surface area contributed by atoms with Crippen molar-refractivity contribution in [1.82, 2.24) is 5.32 Å². The molecule has 40 valence electrons. The topological polar surface area (TPSA) is 29.1 Å². The van der Waals surface area contributed by atoms with Crippen molar-refractivity contribution in [3.8, 4) is 0 Å². The standard InChI is InChI=1S/C4H6INO/c5-2-3-1-4(7)6-3/h3H,1-2H2,(H,6,7). The predicted octanol–water partition coefficient (Wildman–Crippen LogP) is 0.310. The third-order valence-electron chi connectivity index (χ3n) is 0.983. The maximum Gasteiger partial charge on any atom is 0.222 e. The number of hydrogen-bond donors (Lipinski definition) is 1. The van der Waals surface area contributed by atoms with Gasteiger partial charge in [-0.15, -0.1) is 0 Å². The Morgan fingerprint density at radius 3 is 2.71 bits per heavy atom. The van der Waals surface area contributed by atoms with Crippen molar-refractivity contribution in [3.63, 3.8) is 0 Å². The monoisotopic (exact) mass is 211 g/mol. The number of halogens is 1. The molecule has 1 aliphatic rings. The van der Waals surface area contributed by atoms with Crippen molar-refractivity contribution in [1.29, 1.82) is 0 Å². The van der Waals surface area contributed by atoms with Gasteiger partial charge in [-0.3, -0.25) is 4.79 Å². The molecule has 1 rings (SSSR count). The second-order valence-corrected chi connectivity index (χ2v) is 2.50. The van der Waals surface area contributed by atoms with Gasteiger partial charge in [-0.25, -0.2) is 0 Å². The first-order chi connectivity index (χ1) is 3.33. The van der Waals surface area contributed by atoms with Crippen LogP contribution in [-0.4, -0.2) is 16.4 Å². The summed E-state index contributed by atoms with van der Waals surface area (Å²) in [7, 11) is 0. The molecule has 1 aliphatic heterocycles. The van der Waals surface area contributed by atoms with E-state index in [1.54, 1.807) is 0 Å². The largest absolute Gasteiger partial charge is 0.352 e. The molecule has 1 N–H and O–H groups in total. The van der Waals surface area contributed by atoms with Crippen molar-refractivity contribution >= 4 is 28.5 Å². The van der Waals surface area contributed by atoms with E-state index in [1.807, 2.05) is 0 Å². The summed E-state index contributed by atoms with van der Waals surface area (Å²) in [5.41, 5.74) is 0. The zero-order valence-corrected chi connectivity index (χ0v) is 5.94. The molecule has 0 aromatic rings. The third kappa shape index (κ3) is 1.05. The lowest BCUT2D eigenvalue weighted by molar-refractivity contribution is -0.127. The van der Waals surface area contributed by atoms with Crippen LogP contribution in [0.2, 0.25) is 0 Å². The highest BCUT2D eigenvalue weighted by Crippen LogP contribution is 2.05. The minimum atomic E-state index is 0.196. The first kappa shape index (κ1) is 5.34. The summed E-state index contributed by atoms with van der Waals surface area (Å²) in [6.07, 6.45) is 0.739. The number of alkyl halides is 1. The first-order valence-corrected chi connectivity index (χ1v) is 3.71. The van der Waals surface area contributed by atoms with Crippen molar-refractivity contribution in [2.45, 2.75) is 12.5 Å². The fourth-order valence-corrected chi connectivity index (χ4v) is 1.06. The summed E-state index contributed by atoms with van der Waals surface area (Å²) in [5, 5.41) is 2.75. The predicted molar refractivity (Wildman–Crippen MR) is 35.4 cm³/mol. The molecule has 1 atom stereocenters. The zero-order chi connectivity index (χ0) is 5.28. The van der Waals surface area contributed by atoms with Crippen molar-refractivity contribution in [3.05, 3.63) is 0 Å². The van der Waals surface area contributed by atoms with Crippen LogP contribution < -0.4 is 5.32 Å². The molecule has 1 unspecified atom stereocenters. The molecule has 1 fully saturated rings. The first-order valence-electron chi connectivity index (χ1n) is 2.18. The van der Waals surface area contributed by atoms with Crippen LogP contribution in [0.5, 0.6) is 0 Å². The summed E-state index contributed by atoms with van der Waals surface area (Å²) >= 11 is 2.26. The molecule has 0 radical (unpaired) electrons. The van der Waals surface area contributed by atoms with E-state index in [1.165, 1.54) is 0 Å². The van der Waals surface area contributed by atoms with Crippen LogP contribution in [0.3, 0.4) is 0 Å². The van der Waals surface area contributed by atoms with Gasteiger partial charge in [-0.2, -0.15) is 0 Å². The maximum absolute atomic E-state index is 10.2. The van der Waals surface area contributed by atoms with Gasteiger partial charge in [0.2, 0.25) is 5.91 Å². The smallest absolute Gasteiger partial charge is 0.222 e. The average Bonchev–Trinajstić information content (AvgIpc) is 1.58. The summed E-state index contributed by atoms with van der Waals surface area (Å²) in [6.45, 7) is 0. The normalized spacial score (nSPS) is 28.7. The van der Waals surface area contributed by atoms with Crippen LogP contribution in [0.15, 0.2) is 0 Å². The molecule has 0 saturated carbocycles. The summed E-state index contributed by atoms with van der Waals surface area (Å²) < 4.78 is 1.05. The molecular weight excluding hydrogens is 205 g/mol. The molecule has 1 amide bonds. The van der Waals surface area contributed by atoms with Gasteiger partial charge < -0.3 is 5.32 Å². The van der Waals surface area contributed by atoms with E-state index in [9.17, 15) is 4.79 Å². The highest BCUT2D eigenvalue weighted by atomic mass is 127. The van der Waals surface area contributed by atoms with Gasteiger partial charge in [-0.1, -0.05) is 22.6 Å². The van der Waals surface area contributed by atoms with Crippen molar-refractivity contribution in [2.75, 3.05) is 4.43 Å². The zero-order valence-electron chi connectivity index (χ0n) is 3.78. The Hall–Kier alpha value is 0.200. The molecule has 0 aliphatic carbocycles. The second kappa shape index (κ2) is 1.98. The van der Waals surface area contributed by atoms with E-state index in [-0.39, 0.29) is 5.91 Å². The molecule has 0 aromatic heterocycles. The number of rotatable bonds is 1. The van der Waals surface area contributed by atoms with Crippen LogP contribution in [-0.2, 0) is 4.79 Å². The van der Waals surface area contributed by atoms with Gasteiger partial charge in [-0.05, 0) is 0 Å². The van der Waals surface area contributed by atoms with E-state index in [0.29, 0.717) is 6.04 Å². The number of β-lactam (4-membered cyclic amide) rings is 1. The molecule has 1 saturated heterocycles. The third-order valence-corrected chi connectivity index (χ3v) is 2.05. The van der Waals surface area contributed by atoms with Gasteiger partial charge in [0.15, 0.2) is 0 Å². The lowest BCUT2D eigenvalue weighted by Gasteiger charge is -2.24. The number of amides is 1. The van der Waals surface area contributed by atoms with Crippen LogP contribution in [0.25, 0.3) is 0 Å². The molecule has 0 spiro atoms. The van der Waals surface area contributed by atoms with Gasteiger partial charge in [0.1, 0.15) is 0 Å². The number of nitrogens with one attached hydrogen (secondary N) is 1. The SMILES string of the molecule is O=C1CC(CI)N1. The molecule has 2 nitrogen and oxygen atoms in total. The highest BCUT2D eigenvalue weighted by Gasteiger charge is 2.22. The molecular formula is C4H6INO. The number of carbonyl (C=O) groups is 1. The van der Waals surface area contributed by atoms with Crippen LogP contribution in [0.4, 0.5) is 0 Å². The maximum atomic E-state index is 10.2. The molecule has 7 heavy (non-hydrogen) atoms. The Morgan fingerprint density at radius 1 is 2.00 bits per heavy atom. The Morgan fingerprint density at radius 2 is 2.57 bits per heavy atom. The molecule has 0 bridgehead atoms. The Balaban J connectivity index is 2.17.